The van der Waals surface area contributed by atoms with E-state index in [-0.39, 0.29) is 6.04 Å². The SMILES string of the molecule is CC[C@H](N)c1c[nH]cn1. The molecule has 0 spiro atoms. The Bertz CT molecular complexity index is 157. The van der Waals surface area contributed by atoms with Crippen LogP contribution in [0.1, 0.15) is 25.1 Å². The quantitative estimate of drug-likeness (QED) is 0.614. The predicted molar refractivity (Wildman–Crippen MR) is 35.8 cm³/mol. The minimum Gasteiger partial charge on any atom is -0.351 e. The molecule has 0 fully saturated rings. The molecule has 0 radical (unpaired) electrons. The zero-order valence-corrected chi connectivity index (χ0v) is 5.46. The fourth-order valence-electron chi connectivity index (χ4n) is 0.684. The van der Waals surface area contributed by atoms with Gasteiger partial charge in [-0.3, -0.25) is 0 Å². The number of aromatic nitrogens is 2. The molecule has 1 aromatic rings. The van der Waals surface area contributed by atoms with Gasteiger partial charge in [0.25, 0.3) is 0 Å². The lowest BCUT2D eigenvalue weighted by Crippen LogP contribution is -2.08. The molecule has 0 amide bonds. The topological polar surface area (TPSA) is 54.7 Å². The van der Waals surface area contributed by atoms with E-state index in [1.807, 2.05) is 13.1 Å². The minimum atomic E-state index is 0.0937. The van der Waals surface area contributed by atoms with Gasteiger partial charge in [0.15, 0.2) is 0 Å². The third-order valence-corrected chi connectivity index (χ3v) is 1.34. The molecule has 3 heteroatoms. The van der Waals surface area contributed by atoms with Crippen LogP contribution < -0.4 is 5.73 Å². The van der Waals surface area contributed by atoms with E-state index in [0.29, 0.717) is 0 Å². The molecule has 0 unspecified atom stereocenters. The number of hydrogen-bond donors (Lipinski definition) is 2. The average Bonchev–Trinajstić information content (AvgIpc) is 2.37. The number of hydrogen-bond acceptors (Lipinski definition) is 2. The number of rotatable bonds is 2. The van der Waals surface area contributed by atoms with E-state index in [0.717, 1.165) is 12.1 Å². The molecule has 0 aliphatic rings. The van der Waals surface area contributed by atoms with E-state index in [9.17, 15) is 0 Å². The molecule has 0 aliphatic carbocycles. The number of nitrogens with one attached hydrogen (secondary N) is 1. The van der Waals surface area contributed by atoms with Crippen LogP contribution >= 0.6 is 0 Å². The zero-order chi connectivity index (χ0) is 6.69. The van der Waals surface area contributed by atoms with Gasteiger partial charge in [0.2, 0.25) is 0 Å². The first-order chi connectivity index (χ1) is 4.34. The van der Waals surface area contributed by atoms with Crippen LogP contribution in [0.25, 0.3) is 0 Å². The molecular weight excluding hydrogens is 114 g/mol. The molecule has 1 heterocycles. The lowest BCUT2D eigenvalue weighted by molar-refractivity contribution is 0.680. The molecule has 0 aliphatic heterocycles. The van der Waals surface area contributed by atoms with Crippen molar-refractivity contribution < 1.29 is 0 Å². The van der Waals surface area contributed by atoms with Crippen molar-refractivity contribution in [3.8, 4) is 0 Å². The molecule has 0 saturated carbocycles. The summed E-state index contributed by atoms with van der Waals surface area (Å²) in [5, 5.41) is 0. The highest BCUT2D eigenvalue weighted by Crippen LogP contribution is 2.07. The zero-order valence-electron chi connectivity index (χ0n) is 5.46. The first-order valence-corrected chi connectivity index (χ1v) is 3.09. The molecule has 1 atom stereocenters. The van der Waals surface area contributed by atoms with Crippen molar-refractivity contribution in [1.82, 2.24) is 9.97 Å². The maximum Gasteiger partial charge on any atom is 0.0923 e. The summed E-state index contributed by atoms with van der Waals surface area (Å²) in [4.78, 5) is 6.86. The van der Waals surface area contributed by atoms with Gasteiger partial charge in [0.1, 0.15) is 0 Å². The normalized spacial score (nSPS) is 13.6. The Balaban J connectivity index is 2.65. The molecular formula is C6H11N3. The van der Waals surface area contributed by atoms with Crippen LogP contribution in [-0.2, 0) is 0 Å². The standard InChI is InChI=1S/C6H11N3/c1-2-5(7)6-3-8-4-9-6/h3-5H,2,7H2,1H3,(H,8,9)/t5-/m0/s1. The molecule has 50 valence electrons. The van der Waals surface area contributed by atoms with Crippen LogP contribution in [0.15, 0.2) is 12.5 Å². The fourth-order valence-corrected chi connectivity index (χ4v) is 0.684. The molecule has 9 heavy (non-hydrogen) atoms. The van der Waals surface area contributed by atoms with Crippen LogP contribution in [-0.4, -0.2) is 9.97 Å². The largest absolute Gasteiger partial charge is 0.351 e. The molecule has 3 nitrogen and oxygen atoms in total. The molecule has 1 aromatic heterocycles. The Morgan fingerprint density at radius 3 is 3.11 bits per heavy atom. The molecule has 0 bridgehead atoms. The fraction of sp³-hybridized carbons (Fsp3) is 0.500. The van der Waals surface area contributed by atoms with Crippen LogP contribution in [0.3, 0.4) is 0 Å². The molecule has 0 aromatic carbocycles. The van der Waals surface area contributed by atoms with Gasteiger partial charge in [-0.25, -0.2) is 4.98 Å². The maximum absolute atomic E-state index is 5.66. The summed E-state index contributed by atoms with van der Waals surface area (Å²) in [7, 11) is 0. The third-order valence-electron chi connectivity index (χ3n) is 1.34. The van der Waals surface area contributed by atoms with Crippen molar-refractivity contribution in [3.05, 3.63) is 18.2 Å². The van der Waals surface area contributed by atoms with E-state index in [1.165, 1.54) is 0 Å². The number of H-pyrrole nitrogens is 1. The van der Waals surface area contributed by atoms with Crippen molar-refractivity contribution >= 4 is 0 Å². The second kappa shape index (κ2) is 2.64. The first-order valence-electron chi connectivity index (χ1n) is 3.09. The molecule has 3 N–H and O–H groups in total. The summed E-state index contributed by atoms with van der Waals surface area (Å²) in [5.74, 6) is 0. The van der Waals surface area contributed by atoms with E-state index in [1.54, 1.807) is 6.33 Å². The van der Waals surface area contributed by atoms with Crippen LogP contribution in [0, 0.1) is 0 Å². The Hall–Kier alpha value is -0.830. The Kier molecular flexibility index (Phi) is 1.85. The summed E-state index contributed by atoms with van der Waals surface area (Å²) in [6.07, 6.45) is 4.41. The van der Waals surface area contributed by atoms with Crippen molar-refractivity contribution in [3.63, 3.8) is 0 Å². The van der Waals surface area contributed by atoms with Gasteiger partial charge < -0.3 is 10.7 Å². The molecule has 0 saturated heterocycles. The maximum atomic E-state index is 5.66. The lowest BCUT2D eigenvalue weighted by Gasteiger charge is -2.01. The van der Waals surface area contributed by atoms with Crippen LogP contribution in [0.5, 0.6) is 0 Å². The van der Waals surface area contributed by atoms with Crippen LogP contribution in [0.2, 0.25) is 0 Å². The van der Waals surface area contributed by atoms with Crippen molar-refractivity contribution in [2.45, 2.75) is 19.4 Å². The minimum absolute atomic E-state index is 0.0937. The number of imidazole rings is 1. The Morgan fingerprint density at radius 2 is 2.67 bits per heavy atom. The first kappa shape index (κ1) is 6.29. The average molecular weight is 125 g/mol. The van der Waals surface area contributed by atoms with E-state index in [4.69, 9.17) is 5.73 Å². The third kappa shape index (κ3) is 1.29. The smallest absolute Gasteiger partial charge is 0.0923 e. The van der Waals surface area contributed by atoms with Gasteiger partial charge >= 0.3 is 0 Å². The second-order valence-corrected chi connectivity index (χ2v) is 2.01. The van der Waals surface area contributed by atoms with E-state index in [2.05, 4.69) is 9.97 Å². The van der Waals surface area contributed by atoms with Gasteiger partial charge in [-0.05, 0) is 6.42 Å². The summed E-state index contributed by atoms with van der Waals surface area (Å²) >= 11 is 0. The Labute approximate surface area is 54.3 Å². The van der Waals surface area contributed by atoms with Gasteiger partial charge in [0, 0.05) is 12.2 Å². The highest BCUT2D eigenvalue weighted by Gasteiger charge is 2.02. The number of nitrogens with two attached hydrogens (primary N) is 1. The molecule has 1 rings (SSSR count). The van der Waals surface area contributed by atoms with E-state index >= 15 is 0 Å². The Morgan fingerprint density at radius 1 is 1.89 bits per heavy atom. The van der Waals surface area contributed by atoms with Gasteiger partial charge in [-0.15, -0.1) is 0 Å². The number of nitrogens with zero attached hydrogens (tertiary/aromatic N) is 1. The monoisotopic (exact) mass is 125 g/mol. The van der Waals surface area contributed by atoms with Crippen molar-refractivity contribution in [2.24, 2.45) is 5.73 Å². The van der Waals surface area contributed by atoms with Crippen molar-refractivity contribution in [1.29, 1.82) is 0 Å². The predicted octanol–water partition coefficient (Wildman–Crippen LogP) is 0.820. The summed E-state index contributed by atoms with van der Waals surface area (Å²) in [6, 6.07) is 0.0937. The van der Waals surface area contributed by atoms with Crippen LogP contribution in [0.4, 0.5) is 0 Å². The van der Waals surface area contributed by atoms with Gasteiger partial charge in [0.05, 0.1) is 12.0 Å². The summed E-state index contributed by atoms with van der Waals surface area (Å²) < 4.78 is 0. The number of aromatic amines is 1. The van der Waals surface area contributed by atoms with Gasteiger partial charge in [-0.2, -0.15) is 0 Å². The van der Waals surface area contributed by atoms with Gasteiger partial charge in [-0.1, -0.05) is 6.92 Å². The highest BCUT2D eigenvalue weighted by molar-refractivity contribution is 4.99. The van der Waals surface area contributed by atoms with Crippen molar-refractivity contribution in [2.75, 3.05) is 0 Å². The van der Waals surface area contributed by atoms with E-state index < -0.39 is 0 Å². The second-order valence-electron chi connectivity index (χ2n) is 2.01. The summed E-state index contributed by atoms with van der Waals surface area (Å²) in [6.45, 7) is 2.04. The lowest BCUT2D eigenvalue weighted by atomic mass is 10.2. The summed E-state index contributed by atoms with van der Waals surface area (Å²) in [5.41, 5.74) is 6.60. The highest BCUT2D eigenvalue weighted by atomic mass is 14.9.